The van der Waals surface area contributed by atoms with E-state index in [9.17, 15) is 0 Å². The molecule has 47 heavy (non-hydrogen) atoms. The first-order valence-corrected chi connectivity index (χ1v) is 17.4. The highest BCUT2D eigenvalue weighted by Gasteiger charge is 2.17. The summed E-state index contributed by atoms with van der Waals surface area (Å²) >= 11 is 3.77. The number of rotatable bonds is 4. The molecule has 0 fully saturated rings. The molecule has 0 atom stereocenters. The molecule has 2 nitrogen and oxygen atoms in total. The number of benzene rings is 7. The van der Waals surface area contributed by atoms with Crippen molar-refractivity contribution in [1.29, 1.82) is 0 Å². The van der Waals surface area contributed by atoms with Crippen molar-refractivity contribution in [3.63, 3.8) is 0 Å². The maximum atomic E-state index is 4.21. The fourth-order valence-electron chi connectivity index (χ4n) is 7.05. The molecule has 220 valence electrons. The highest BCUT2D eigenvalue weighted by Crippen LogP contribution is 2.44. The van der Waals surface area contributed by atoms with Crippen LogP contribution in [0, 0.1) is 0 Å². The molecule has 0 aliphatic rings. The van der Waals surface area contributed by atoms with Crippen molar-refractivity contribution in [3.05, 3.63) is 158 Å². The van der Waals surface area contributed by atoms with Crippen LogP contribution in [0.3, 0.4) is 0 Å². The summed E-state index contributed by atoms with van der Waals surface area (Å²) in [4.78, 5) is 6.62. The van der Waals surface area contributed by atoms with Gasteiger partial charge in [-0.25, -0.2) is 0 Å². The Kier molecular flexibility index (Phi) is 5.95. The van der Waals surface area contributed by atoms with Gasteiger partial charge in [0.1, 0.15) is 0 Å². The van der Waals surface area contributed by atoms with E-state index < -0.39 is 0 Å². The molecule has 7 aromatic carbocycles. The highest BCUT2D eigenvalue weighted by molar-refractivity contribution is 7.27. The maximum absolute atomic E-state index is 4.21. The monoisotopic (exact) mass is 634 g/mol. The van der Waals surface area contributed by atoms with Gasteiger partial charge in [0.05, 0.1) is 0 Å². The Morgan fingerprint density at radius 2 is 0.851 bits per heavy atom. The van der Waals surface area contributed by atoms with Gasteiger partial charge in [0, 0.05) is 80.6 Å². The first-order valence-electron chi connectivity index (χ1n) is 15.8. The van der Waals surface area contributed by atoms with Gasteiger partial charge in [-0.2, -0.15) is 0 Å². The van der Waals surface area contributed by atoms with E-state index in [0.29, 0.717) is 0 Å². The van der Waals surface area contributed by atoms with E-state index in [1.54, 1.807) is 0 Å². The van der Waals surface area contributed by atoms with Crippen LogP contribution >= 0.6 is 22.7 Å². The van der Waals surface area contributed by atoms with Gasteiger partial charge in [-0.15, -0.1) is 22.7 Å². The van der Waals surface area contributed by atoms with Crippen LogP contribution in [0.5, 0.6) is 0 Å². The summed E-state index contributed by atoms with van der Waals surface area (Å²) in [5.41, 5.74) is 5.73. The van der Waals surface area contributed by atoms with Gasteiger partial charge in [0.15, 0.2) is 0 Å². The molecule has 0 N–H and O–H groups in total. The molecule has 3 heterocycles. The van der Waals surface area contributed by atoms with Gasteiger partial charge in [-0.3, -0.25) is 4.98 Å². The number of nitrogens with zero attached hydrogens (tertiary/aromatic N) is 2. The highest BCUT2D eigenvalue weighted by atomic mass is 32.1. The Hall–Kier alpha value is -5.55. The van der Waals surface area contributed by atoms with Crippen molar-refractivity contribution in [2.75, 3.05) is 4.90 Å². The Morgan fingerprint density at radius 3 is 1.40 bits per heavy atom. The predicted molar refractivity (Wildman–Crippen MR) is 205 cm³/mol. The third kappa shape index (κ3) is 4.26. The van der Waals surface area contributed by atoms with E-state index in [4.69, 9.17) is 0 Å². The molecule has 3 aromatic heterocycles. The zero-order valence-corrected chi connectivity index (χ0v) is 26.9. The summed E-state index contributed by atoms with van der Waals surface area (Å²) in [6.45, 7) is 0. The molecular formula is C43H26N2S2. The van der Waals surface area contributed by atoms with Gasteiger partial charge in [-0.1, -0.05) is 84.9 Å². The average Bonchev–Trinajstić information content (AvgIpc) is 3.72. The zero-order chi connectivity index (χ0) is 30.9. The minimum absolute atomic E-state index is 1.12. The molecule has 10 aromatic rings. The summed E-state index contributed by atoms with van der Waals surface area (Å²) in [6, 6.07) is 53.5. The lowest BCUT2D eigenvalue weighted by molar-refractivity contribution is 1.29. The Labute approximate surface area is 279 Å². The van der Waals surface area contributed by atoms with Gasteiger partial charge in [0.2, 0.25) is 0 Å². The molecule has 0 aliphatic heterocycles. The summed E-state index contributed by atoms with van der Waals surface area (Å²) in [5.74, 6) is 0. The maximum Gasteiger partial charge on any atom is 0.0468 e. The summed E-state index contributed by atoms with van der Waals surface area (Å²) < 4.78 is 5.32. The van der Waals surface area contributed by atoms with Crippen molar-refractivity contribution >= 4 is 102 Å². The summed E-state index contributed by atoms with van der Waals surface area (Å²) in [5, 5.41) is 10.4. The first kappa shape index (κ1) is 26.6. The second-order valence-corrected chi connectivity index (χ2v) is 14.1. The molecule has 0 saturated carbocycles. The van der Waals surface area contributed by atoms with E-state index in [1.165, 1.54) is 67.5 Å². The van der Waals surface area contributed by atoms with E-state index in [-0.39, 0.29) is 0 Å². The van der Waals surface area contributed by atoms with Crippen LogP contribution in [0.4, 0.5) is 17.1 Å². The fourth-order valence-corrected chi connectivity index (χ4v) is 9.51. The summed E-state index contributed by atoms with van der Waals surface area (Å²) in [6.07, 6.45) is 3.70. The van der Waals surface area contributed by atoms with Crippen molar-refractivity contribution in [1.82, 2.24) is 4.98 Å². The fraction of sp³-hybridized carbons (Fsp3) is 0. The minimum Gasteiger partial charge on any atom is -0.310 e. The molecule has 0 amide bonds. The Balaban J connectivity index is 1.21. The average molecular weight is 635 g/mol. The smallest absolute Gasteiger partial charge is 0.0468 e. The van der Waals surface area contributed by atoms with Crippen molar-refractivity contribution in [3.8, 4) is 11.1 Å². The van der Waals surface area contributed by atoms with Crippen LogP contribution in [-0.4, -0.2) is 4.98 Å². The van der Waals surface area contributed by atoms with Crippen molar-refractivity contribution in [2.24, 2.45) is 0 Å². The van der Waals surface area contributed by atoms with Crippen LogP contribution in [0.1, 0.15) is 0 Å². The first-order chi connectivity index (χ1) is 23.3. The van der Waals surface area contributed by atoms with E-state index in [1.807, 2.05) is 35.1 Å². The van der Waals surface area contributed by atoms with Crippen molar-refractivity contribution < 1.29 is 0 Å². The molecule has 4 heteroatoms. The molecule has 0 radical (unpaired) electrons. The lowest BCUT2D eigenvalue weighted by atomic mass is 10.0. The number of aromatic nitrogens is 1. The second-order valence-electron chi connectivity index (χ2n) is 12.0. The van der Waals surface area contributed by atoms with Crippen molar-refractivity contribution in [2.45, 2.75) is 0 Å². The molecule has 0 bridgehead atoms. The Bertz CT molecular complexity index is 2640. The van der Waals surface area contributed by atoms with Crippen LogP contribution in [-0.2, 0) is 0 Å². The van der Waals surface area contributed by atoms with Crippen LogP contribution < -0.4 is 4.90 Å². The topological polar surface area (TPSA) is 16.1 Å². The molecule has 0 unspecified atom stereocenters. The van der Waals surface area contributed by atoms with Gasteiger partial charge < -0.3 is 4.90 Å². The third-order valence-electron chi connectivity index (χ3n) is 9.35. The van der Waals surface area contributed by atoms with Crippen LogP contribution in [0.15, 0.2) is 158 Å². The normalized spacial score (nSPS) is 11.8. The second kappa shape index (κ2) is 10.5. The quantitative estimate of drug-likeness (QED) is 0.191. The standard InChI is InChI=1S/C43H26N2S2/c1-3-7-40-34(5-1)36-19-13-29-11-17-32(25-38(29)42(36)46-40)45(31-15-9-27(10-16-31)28-21-23-44-24-22-28)33-18-12-30-14-20-37-35-6-2-4-8-41(35)47-43(37)39(30)26-33/h1-26H. The van der Waals surface area contributed by atoms with E-state index in [2.05, 4.69) is 155 Å². The zero-order valence-electron chi connectivity index (χ0n) is 25.2. The minimum atomic E-state index is 1.12. The third-order valence-corrected chi connectivity index (χ3v) is 11.8. The molecular weight excluding hydrogens is 609 g/mol. The number of anilines is 3. The largest absolute Gasteiger partial charge is 0.310 e. The molecule has 0 spiro atoms. The molecule has 10 rings (SSSR count). The molecule has 0 saturated heterocycles. The number of hydrogen-bond donors (Lipinski definition) is 0. The van der Waals surface area contributed by atoms with E-state index >= 15 is 0 Å². The number of fused-ring (bicyclic) bond motifs is 10. The van der Waals surface area contributed by atoms with E-state index in [0.717, 1.165) is 22.6 Å². The Morgan fingerprint density at radius 1 is 0.383 bits per heavy atom. The lowest BCUT2D eigenvalue weighted by Crippen LogP contribution is -2.10. The number of hydrogen-bond acceptors (Lipinski definition) is 4. The molecule has 0 aliphatic carbocycles. The van der Waals surface area contributed by atoms with Gasteiger partial charge in [-0.05, 0) is 82.6 Å². The SMILES string of the molecule is c1ccc2c(c1)sc1c3cc(N(c4ccc(-c5ccncc5)cc4)c4ccc5ccc6c7ccccc7sc6c5c4)ccc3ccc21. The number of pyridine rings is 1. The van der Waals surface area contributed by atoms with Gasteiger partial charge in [0.25, 0.3) is 0 Å². The number of thiophene rings is 2. The lowest BCUT2D eigenvalue weighted by Gasteiger charge is -2.26. The predicted octanol–water partition coefficient (Wildman–Crippen LogP) is 13.3. The van der Waals surface area contributed by atoms with Crippen LogP contribution in [0.2, 0.25) is 0 Å². The van der Waals surface area contributed by atoms with Crippen LogP contribution in [0.25, 0.3) is 73.0 Å². The summed E-state index contributed by atoms with van der Waals surface area (Å²) in [7, 11) is 0. The van der Waals surface area contributed by atoms with Gasteiger partial charge >= 0.3 is 0 Å².